The molecule has 0 N–H and O–H groups in total. The molecule has 0 bridgehead atoms. The van der Waals surface area contributed by atoms with E-state index in [9.17, 15) is 4.79 Å². The number of carbonyl (C=O) groups is 1. The predicted molar refractivity (Wildman–Crippen MR) is 110 cm³/mol. The zero-order valence-electron chi connectivity index (χ0n) is 16.3. The van der Waals surface area contributed by atoms with Gasteiger partial charge in [0.05, 0.1) is 6.54 Å². The van der Waals surface area contributed by atoms with E-state index in [2.05, 4.69) is 84.1 Å². The Morgan fingerprint density at radius 3 is 2.52 bits per heavy atom. The highest BCUT2D eigenvalue weighted by Crippen LogP contribution is 2.33. The summed E-state index contributed by atoms with van der Waals surface area (Å²) in [5.74, 6) is 0.583. The fourth-order valence-electron chi connectivity index (χ4n) is 3.86. The average molecular weight is 361 g/mol. The Morgan fingerprint density at radius 1 is 1.11 bits per heavy atom. The van der Waals surface area contributed by atoms with Crippen molar-refractivity contribution in [3.63, 3.8) is 0 Å². The van der Waals surface area contributed by atoms with Crippen molar-refractivity contribution in [3.05, 3.63) is 71.9 Å². The second-order valence-electron chi connectivity index (χ2n) is 7.87. The van der Waals surface area contributed by atoms with E-state index in [1.165, 1.54) is 22.2 Å². The molecular weight excluding hydrogens is 332 g/mol. The number of aryl methyl sites for hydroxylation is 2. The number of hydrogen-bond acceptors (Lipinski definition) is 1. The van der Waals surface area contributed by atoms with Crippen molar-refractivity contribution in [3.8, 4) is 0 Å². The lowest BCUT2D eigenvalue weighted by molar-refractivity contribution is -0.135. The highest BCUT2D eigenvalue weighted by Gasteiger charge is 2.35. The molecule has 0 unspecified atom stereocenters. The molecule has 1 heterocycles. The second-order valence-corrected chi connectivity index (χ2v) is 7.87. The van der Waals surface area contributed by atoms with Gasteiger partial charge in [-0.3, -0.25) is 4.79 Å². The Morgan fingerprint density at radius 2 is 1.81 bits per heavy atom. The van der Waals surface area contributed by atoms with Gasteiger partial charge >= 0.3 is 0 Å². The lowest BCUT2D eigenvalue weighted by Crippen LogP contribution is -2.39. The number of carbonyl (C=O) groups excluding carboxylic acids is 1. The summed E-state index contributed by atoms with van der Waals surface area (Å²) < 4.78 is 2.23. The van der Waals surface area contributed by atoms with Gasteiger partial charge in [0.2, 0.25) is 5.91 Å². The molecule has 1 aliphatic carbocycles. The maximum Gasteiger partial charge on any atom is 0.226 e. The number of benzene rings is 2. The van der Waals surface area contributed by atoms with Crippen LogP contribution in [-0.4, -0.2) is 21.4 Å². The molecule has 0 radical (unpaired) electrons. The topological polar surface area (TPSA) is 25.2 Å². The summed E-state index contributed by atoms with van der Waals surface area (Å²) >= 11 is 0. The van der Waals surface area contributed by atoms with E-state index in [-0.39, 0.29) is 12.0 Å². The number of fused-ring (bicyclic) bond motifs is 1. The molecule has 1 saturated carbocycles. The van der Waals surface area contributed by atoms with E-state index in [1.54, 1.807) is 0 Å². The lowest BCUT2D eigenvalue weighted by atomic mass is 10.0. The number of aromatic nitrogens is 1. The van der Waals surface area contributed by atoms with E-state index in [0.29, 0.717) is 12.5 Å². The van der Waals surface area contributed by atoms with Gasteiger partial charge in [0.1, 0.15) is 0 Å². The van der Waals surface area contributed by atoms with Crippen LogP contribution in [0.1, 0.15) is 37.4 Å². The van der Waals surface area contributed by atoms with E-state index in [1.807, 2.05) is 0 Å². The van der Waals surface area contributed by atoms with Crippen LogP contribution in [0.2, 0.25) is 0 Å². The van der Waals surface area contributed by atoms with Crippen LogP contribution >= 0.6 is 0 Å². The molecule has 0 spiro atoms. The Kier molecular flexibility index (Phi) is 5.02. The summed E-state index contributed by atoms with van der Waals surface area (Å²) in [6.45, 7) is 2.89. The minimum Gasteiger partial charge on any atom is -0.346 e. The first-order chi connectivity index (χ1) is 13.1. The standard InChI is InChI=1S/C24H28N2O/c1-18(12-13-19-8-4-3-5-9-19)26(24(27)20-14-15-20)17-22-16-21-10-6-7-11-23(21)25(22)2/h3-11,16,18,20H,12-15,17H2,1-2H3/t18-/m0/s1. The minimum atomic E-state index is 0.233. The summed E-state index contributed by atoms with van der Waals surface area (Å²) in [6, 6.07) is 21.5. The summed E-state index contributed by atoms with van der Waals surface area (Å²) in [5, 5.41) is 1.24. The molecule has 1 aliphatic rings. The van der Waals surface area contributed by atoms with Crippen molar-refractivity contribution in [2.45, 2.75) is 45.2 Å². The van der Waals surface area contributed by atoms with Crippen molar-refractivity contribution >= 4 is 16.8 Å². The fraction of sp³-hybridized carbons (Fsp3) is 0.375. The van der Waals surface area contributed by atoms with Crippen molar-refractivity contribution < 1.29 is 4.79 Å². The highest BCUT2D eigenvalue weighted by molar-refractivity contribution is 5.83. The molecule has 140 valence electrons. The number of rotatable bonds is 7. The average Bonchev–Trinajstić information content (AvgIpc) is 3.50. The third-order valence-corrected chi connectivity index (χ3v) is 5.82. The summed E-state index contributed by atoms with van der Waals surface area (Å²) in [5.41, 5.74) is 3.77. The van der Waals surface area contributed by atoms with Crippen LogP contribution in [0.4, 0.5) is 0 Å². The molecular formula is C24H28N2O. The molecule has 3 aromatic rings. The minimum absolute atomic E-state index is 0.233. The summed E-state index contributed by atoms with van der Waals surface area (Å²) in [7, 11) is 2.10. The first kappa shape index (κ1) is 17.8. The summed E-state index contributed by atoms with van der Waals surface area (Å²) in [4.78, 5) is 15.1. The molecule has 0 aliphatic heterocycles. The van der Waals surface area contributed by atoms with Crippen LogP contribution in [0.5, 0.6) is 0 Å². The number of para-hydroxylation sites is 1. The van der Waals surface area contributed by atoms with Crippen LogP contribution in [0.15, 0.2) is 60.7 Å². The quantitative estimate of drug-likeness (QED) is 0.586. The number of amides is 1. The van der Waals surface area contributed by atoms with Crippen LogP contribution in [0, 0.1) is 5.92 Å². The van der Waals surface area contributed by atoms with E-state index in [0.717, 1.165) is 25.7 Å². The predicted octanol–water partition coefficient (Wildman–Crippen LogP) is 4.94. The molecule has 27 heavy (non-hydrogen) atoms. The number of nitrogens with zero attached hydrogens (tertiary/aromatic N) is 2. The zero-order valence-corrected chi connectivity index (χ0v) is 16.3. The molecule has 1 aromatic heterocycles. The van der Waals surface area contributed by atoms with Gasteiger partial charge in [-0.1, -0.05) is 48.5 Å². The first-order valence-electron chi connectivity index (χ1n) is 10.0. The largest absolute Gasteiger partial charge is 0.346 e. The van der Waals surface area contributed by atoms with Gasteiger partial charge in [-0.25, -0.2) is 0 Å². The number of hydrogen-bond donors (Lipinski definition) is 0. The van der Waals surface area contributed by atoms with Gasteiger partial charge in [0.25, 0.3) is 0 Å². The van der Waals surface area contributed by atoms with Gasteiger partial charge in [0.15, 0.2) is 0 Å². The molecule has 1 fully saturated rings. The first-order valence-corrected chi connectivity index (χ1v) is 10.0. The Hall–Kier alpha value is -2.55. The van der Waals surface area contributed by atoms with Crippen LogP contribution in [0.25, 0.3) is 10.9 Å². The molecule has 3 nitrogen and oxygen atoms in total. The molecule has 0 saturated heterocycles. The Balaban J connectivity index is 1.53. The van der Waals surface area contributed by atoms with Crippen molar-refractivity contribution in [2.24, 2.45) is 13.0 Å². The van der Waals surface area contributed by atoms with Gasteiger partial charge in [-0.15, -0.1) is 0 Å². The van der Waals surface area contributed by atoms with Crippen LogP contribution in [0.3, 0.4) is 0 Å². The second kappa shape index (κ2) is 7.59. The Bertz CT molecular complexity index is 924. The summed E-state index contributed by atoms with van der Waals surface area (Å²) in [6.07, 6.45) is 4.10. The molecule has 2 aromatic carbocycles. The normalized spacial score (nSPS) is 15.0. The monoisotopic (exact) mass is 360 g/mol. The highest BCUT2D eigenvalue weighted by atomic mass is 16.2. The van der Waals surface area contributed by atoms with E-state index in [4.69, 9.17) is 0 Å². The van der Waals surface area contributed by atoms with Gasteiger partial charge in [-0.05, 0) is 55.7 Å². The van der Waals surface area contributed by atoms with Gasteiger partial charge in [-0.2, -0.15) is 0 Å². The van der Waals surface area contributed by atoms with Crippen molar-refractivity contribution in [1.29, 1.82) is 0 Å². The van der Waals surface area contributed by atoms with Gasteiger partial charge < -0.3 is 9.47 Å². The van der Waals surface area contributed by atoms with Gasteiger partial charge in [0, 0.05) is 30.2 Å². The zero-order chi connectivity index (χ0) is 18.8. The maximum absolute atomic E-state index is 13.0. The SMILES string of the molecule is C[C@@H](CCc1ccccc1)N(Cc1cc2ccccc2n1C)C(=O)C1CC1. The third-order valence-electron chi connectivity index (χ3n) is 5.82. The molecule has 1 atom stereocenters. The van der Waals surface area contributed by atoms with E-state index < -0.39 is 0 Å². The van der Waals surface area contributed by atoms with E-state index >= 15 is 0 Å². The van der Waals surface area contributed by atoms with Crippen molar-refractivity contribution in [2.75, 3.05) is 0 Å². The molecule has 4 rings (SSSR count). The molecule has 1 amide bonds. The lowest BCUT2D eigenvalue weighted by Gasteiger charge is -2.30. The van der Waals surface area contributed by atoms with Crippen molar-refractivity contribution in [1.82, 2.24) is 9.47 Å². The van der Waals surface area contributed by atoms with Crippen LogP contribution in [-0.2, 0) is 24.8 Å². The third kappa shape index (κ3) is 3.92. The fourth-order valence-corrected chi connectivity index (χ4v) is 3.86. The van der Waals surface area contributed by atoms with Crippen LogP contribution < -0.4 is 0 Å². The molecule has 3 heteroatoms. The smallest absolute Gasteiger partial charge is 0.226 e. The maximum atomic E-state index is 13.0. The Labute approximate surface area is 161 Å².